The highest BCUT2D eigenvalue weighted by Crippen LogP contribution is 2.59. The van der Waals surface area contributed by atoms with Crippen molar-refractivity contribution in [2.24, 2.45) is 0 Å². The van der Waals surface area contributed by atoms with Gasteiger partial charge in [0.1, 0.15) is 11.5 Å². The fraction of sp³-hybridized carbons (Fsp3) is 0.259. The number of fused-ring (bicyclic) bond motifs is 2. The predicted molar refractivity (Wildman–Crippen MR) is 134 cm³/mol. The van der Waals surface area contributed by atoms with Gasteiger partial charge in [-0.15, -0.1) is 0 Å². The van der Waals surface area contributed by atoms with Crippen LogP contribution in [0.3, 0.4) is 0 Å². The maximum atomic E-state index is 13.3. The van der Waals surface area contributed by atoms with E-state index in [0.717, 1.165) is 35.2 Å². The van der Waals surface area contributed by atoms with Crippen LogP contribution in [0.1, 0.15) is 35.6 Å². The highest BCUT2D eigenvalue weighted by Gasteiger charge is 2.59. The molecule has 2 aromatic carbocycles. The van der Waals surface area contributed by atoms with Crippen LogP contribution in [0.25, 0.3) is 16.9 Å². The van der Waals surface area contributed by atoms with Gasteiger partial charge in [-0.05, 0) is 43.0 Å². The minimum absolute atomic E-state index is 0.238. The maximum absolute atomic E-state index is 13.3. The third-order valence-electron chi connectivity index (χ3n) is 7.23. The fourth-order valence-electron chi connectivity index (χ4n) is 5.23. The van der Waals surface area contributed by atoms with Gasteiger partial charge in [0.05, 0.1) is 24.9 Å². The summed E-state index contributed by atoms with van der Waals surface area (Å²) in [5.74, 6) is 0.520. The maximum Gasteiger partial charge on any atom is 0.320 e. The van der Waals surface area contributed by atoms with E-state index in [4.69, 9.17) is 9.84 Å². The lowest BCUT2D eigenvalue weighted by molar-refractivity contribution is 0.109. The standard InChI is InChI=1S/C27H26N6O3/c1-16-21(17-14-28-26(36-2)29-15-17)32-33(18-8-4-3-5-9-18)24(16)31-25(35)30-22-19-10-6-7-11-20(19)27(12-13-27)23(22)34/h3-11,14-15,22-23,34H,12-13H2,1-2H3,(H2,30,31,35). The van der Waals surface area contributed by atoms with Gasteiger partial charge in [-0.2, -0.15) is 5.10 Å². The number of aliphatic hydroxyl groups excluding tert-OH is 1. The number of urea groups is 1. The summed E-state index contributed by atoms with van der Waals surface area (Å²) in [6.07, 6.45) is 4.48. The summed E-state index contributed by atoms with van der Waals surface area (Å²) in [5.41, 5.74) is 4.76. The van der Waals surface area contributed by atoms with Crippen molar-refractivity contribution in [1.29, 1.82) is 0 Å². The van der Waals surface area contributed by atoms with E-state index in [0.29, 0.717) is 17.1 Å². The number of ether oxygens (including phenoxy) is 1. The molecule has 6 rings (SSSR count). The van der Waals surface area contributed by atoms with Crippen molar-refractivity contribution in [3.63, 3.8) is 0 Å². The second-order valence-corrected chi connectivity index (χ2v) is 9.29. The van der Waals surface area contributed by atoms with Crippen LogP contribution in [0, 0.1) is 6.92 Å². The zero-order chi connectivity index (χ0) is 24.9. The SMILES string of the molecule is COc1ncc(-c2nn(-c3ccccc3)c(NC(=O)NC3c4ccccc4C4(CC4)C3O)c2C)cn1. The highest BCUT2D eigenvalue weighted by molar-refractivity contribution is 5.91. The Bertz CT molecular complexity index is 1430. The van der Waals surface area contributed by atoms with Gasteiger partial charge in [-0.3, -0.25) is 5.32 Å². The van der Waals surface area contributed by atoms with Crippen molar-refractivity contribution in [1.82, 2.24) is 25.1 Å². The zero-order valence-corrected chi connectivity index (χ0v) is 20.0. The van der Waals surface area contributed by atoms with E-state index in [9.17, 15) is 9.90 Å². The van der Waals surface area contributed by atoms with E-state index in [1.54, 1.807) is 17.1 Å². The number of amides is 2. The Hall–Kier alpha value is -4.24. The van der Waals surface area contributed by atoms with Crippen molar-refractivity contribution < 1.29 is 14.6 Å². The van der Waals surface area contributed by atoms with Crippen LogP contribution in [-0.2, 0) is 5.41 Å². The summed E-state index contributed by atoms with van der Waals surface area (Å²) in [6.45, 7) is 1.89. The lowest BCUT2D eigenvalue weighted by Crippen LogP contribution is -2.39. The number of aromatic nitrogens is 4. The van der Waals surface area contributed by atoms with Crippen molar-refractivity contribution in [2.45, 2.75) is 37.3 Å². The van der Waals surface area contributed by atoms with Crippen LogP contribution in [0.2, 0.25) is 0 Å². The number of carbonyl (C=O) groups is 1. The third kappa shape index (κ3) is 3.51. The van der Waals surface area contributed by atoms with Crippen LogP contribution in [0.15, 0.2) is 67.0 Å². The van der Waals surface area contributed by atoms with Crippen LogP contribution in [0.5, 0.6) is 6.01 Å². The number of rotatable bonds is 5. The molecule has 3 N–H and O–H groups in total. The number of aliphatic hydroxyl groups is 1. The third-order valence-corrected chi connectivity index (χ3v) is 7.23. The number of para-hydroxylation sites is 1. The molecule has 1 saturated carbocycles. The number of nitrogens with one attached hydrogen (secondary N) is 2. The number of carbonyl (C=O) groups excluding carboxylic acids is 1. The van der Waals surface area contributed by atoms with Gasteiger partial charge in [-0.25, -0.2) is 19.4 Å². The average Bonchev–Trinajstić information content (AvgIpc) is 3.62. The Balaban J connectivity index is 1.33. The van der Waals surface area contributed by atoms with E-state index in [-0.39, 0.29) is 11.4 Å². The average molecular weight is 483 g/mol. The lowest BCUT2D eigenvalue weighted by atomic mass is 9.97. The molecule has 36 heavy (non-hydrogen) atoms. The van der Waals surface area contributed by atoms with E-state index < -0.39 is 18.2 Å². The first-order valence-corrected chi connectivity index (χ1v) is 11.9. The van der Waals surface area contributed by atoms with Crippen molar-refractivity contribution in [3.05, 3.63) is 83.7 Å². The second kappa shape index (κ2) is 8.46. The van der Waals surface area contributed by atoms with Gasteiger partial charge >= 0.3 is 12.0 Å². The van der Waals surface area contributed by atoms with Crippen molar-refractivity contribution in [3.8, 4) is 23.0 Å². The Morgan fingerprint density at radius 2 is 1.78 bits per heavy atom. The minimum Gasteiger partial charge on any atom is -0.467 e. The number of nitrogens with zero attached hydrogens (tertiary/aromatic N) is 4. The lowest BCUT2D eigenvalue weighted by Gasteiger charge is -2.21. The Morgan fingerprint density at radius 1 is 1.08 bits per heavy atom. The molecule has 182 valence electrons. The Kier molecular flexibility index (Phi) is 5.22. The van der Waals surface area contributed by atoms with Gasteiger partial charge < -0.3 is 15.2 Å². The smallest absolute Gasteiger partial charge is 0.320 e. The molecule has 2 aliphatic rings. The van der Waals surface area contributed by atoms with E-state index in [1.807, 2.05) is 55.5 Å². The molecule has 2 unspecified atom stereocenters. The molecule has 2 heterocycles. The molecular formula is C27H26N6O3. The molecule has 0 aliphatic heterocycles. The normalized spacial score (nSPS) is 19.1. The molecule has 4 aromatic rings. The van der Waals surface area contributed by atoms with Crippen molar-refractivity contribution >= 4 is 11.8 Å². The van der Waals surface area contributed by atoms with Crippen LogP contribution < -0.4 is 15.4 Å². The van der Waals surface area contributed by atoms with Gasteiger partial charge in [0.15, 0.2) is 0 Å². The molecule has 9 nitrogen and oxygen atoms in total. The summed E-state index contributed by atoms with van der Waals surface area (Å²) in [5, 5.41) is 21.9. The molecule has 9 heteroatoms. The van der Waals surface area contributed by atoms with E-state index >= 15 is 0 Å². The number of anilines is 1. The van der Waals surface area contributed by atoms with Gasteiger partial charge in [0, 0.05) is 28.9 Å². The molecule has 0 bridgehead atoms. The van der Waals surface area contributed by atoms with Crippen LogP contribution in [-0.4, -0.2) is 44.1 Å². The second-order valence-electron chi connectivity index (χ2n) is 9.29. The van der Waals surface area contributed by atoms with Crippen LogP contribution >= 0.6 is 0 Å². The first kappa shape index (κ1) is 22.2. The van der Waals surface area contributed by atoms with Crippen molar-refractivity contribution in [2.75, 3.05) is 12.4 Å². The topological polar surface area (TPSA) is 114 Å². The predicted octanol–water partition coefficient (Wildman–Crippen LogP) is 3.92. The fourth-order valence-corrected chi connectivity index (χ4v) is 5.23. The molecule has 2 atom stereocenters. The monoisotopic (exact) mass is 482 g/mol. The largest absolute Gasteiger partial charge is 0.467 e. The Morgan fingerprint density at radius 3 is 2.47 bits per heavy atom. The molecular weight excluding hydrogens is 456 g/mol. The van der Waals surface area contributed by atoms with Gasteiger partial charge in [0.2, 0.25) is 0 Å². The molecule has 1 fully saturated rings. The Labute approximate surface area is 208 Å². The minimum atomic E-state index is -0.659. The zero-order valence-electron chi connectivity index (χ0n) is 20.0. The van der Waals surface area contributed by atoms with E-state index in [1.165, 1.54) is 7.11 Å². The molecule has 2 amide bonds. The quantitative estimate of drug-likeness (QED) is 0.397. The first-order valence-electron chi connectivity index (χ1n) is 11.9. The summed E-state index contributed by atoms with van der Waals surface area (Å²) >= 11 is 0. The van der Waals surface area contributed by atoms with Crippen LogP contribution in [0.4, 0.5) is 10.6 Å². The highest BCUT2D eigenvalue weighted by atomic mass is 16.5. The molecule has 2 aliphatic carbocycles. The van der Waals surface area contributed by atoms with Gasteiger partial charge in [-0.1, -0.05) is 42.5 Å². The van der Waals surface area contributed by atoms with Gasteiger partial charge in [0.25, 0.3) is 0 Å². The first-order chi connectivity index (χ1) is 17.5. The number of benzene rings is 2. The summed E-state index contributed by atoms with van der Waals surface area (Å²) in [4.78, 5) is 21.7. The molecule has 1 spiro atoms. The molecule has 2 aromatic heterocycles. The molecule has 0 saturated heterocycles. The number of hydrogen-bond donors (Lipinski definition) is 3. The summed E-state index contributed by atoms with van der Waals surface area (Å²) in [7, 11) is 1.51. The number of hydrogen-bond acceptors (Lipinski definition) is 6. The number of methoxy groups -OCH3 is 1. The summed E-state index contributed by atoms with van der Waals surface area (Å²) < 4.78 is 6.76. The van der Waals surface area contributed by atoms with E-state index in [2.05, 4.69) is 26.7 Å². The molecule has 0 radical (unpaired) electrons. The summed E-state index contributed by atoms with van der Waals surface area (Å²) in [6, 6.07) is 16.9.